The number of ether oxygens (including phenoxy) is 3. The Kier molecular flexibility index (Phi) is 7.56. The van der Waals surface area contributed by atoms with Crippen LogP contribution in [0.1, 0.15) is 51.5 Å². The highest BCUT2D eigenvalue weighted by molar-refractivity contribution is 7.16. The Morgan fingerprint density at radius 3 is 2.37 bits per heavy atom. The van der Waals surface area contributed by atoms with Gasteiger partial charge in [-0.05, 0) is 25.1 Å². The number of thiophene rings is 1. The first-order valence-corrected chi connectivity index (χ1v) is 13.4. The van der Waals surface area contributed by atoms with Crippen LogP contribution in [0.25, 0.3) is 16.0 Å². The van der Waals surface area contributed by atoms with Crippen molar-refractivity contribution in [2.24, 2.45) is 5.73 Å². The Morgan fingerprint density at radius 2 is 1.71 bits per heavy atom. The number of benzene rings is 2. The van der Waals surface area contributed by atoms with E-state index in [2.05, 4.69) is 4.98 Å². The molecule has 3 heterocycles. The molecule has 41 heavy (non-hydrogen) atoms. The SMILES string of the molecule is COc1cc2ncn(-c3cc(O[C@H](C)c4cc(C(=O)ON5C(=O)CCC5=O)ccc4Cl)c(C(N)=O)s3)c2cc1OC. The van der Waals surface area contributed by atoms with Gasteiger partial charge < -0.3 is 24.8 Å². The lowest BCUT2D eigenvalue weighted by molar-refractivity contribution is -0.172. The number of hydrogen-bond acceptors (Lipinski definition) is 10. The third-order valence-corrected chi connectivity index (χ3v) is 7.83. The Balaban J connectivity index is 1.44. The molecule has 1 atom stereocenters. The molecule has 5 rings (SSSR count). The number of carbonyl (C=O) groups is 4. The maximum absolute atomic E-state index is 12.7. The normalized spacial score (nSPS) is 13.9. The summed E-state index contributed by atoms with van der Waals surface area (Å²) >= 11 is 7.52. The minimum Gasteiger partial charge on any atom is -0.493 e. The van der Waals surface area contributed by atoms with E-state index in [-0.39, 0.29) is 34.1 Å². The molecule has 14 heteroatoms. The van der Waals surface area contributed by atoms with E-state index in [1.807, 2.05) is 0 Å². The van der Waals surface area contributed by atoms with Crippen molar-refractivity contribution in [3.8, 4) is 22.2 Å². The number of imidazole rings is 1. The predicted molar refractivity (Wildman–Crippen MR) is 148 cm³/mol. The molecule has 4 aromatic rings. The van der Waals surface area contributed by atoms with Crippen LogP contribution in [0.15, 0.2) is 42.7 Å². The van der Waals surface area contributed by atoms with Gasteiger partial charge in [0.05, 0.1) is 30.8 Å². The molecule has 0 saturated carbocycles. The van der Waals surface area contributed by atoms with E-state index in [1.54, 1.807) is 36.0 Å². The van der Waals surface area contributed by atoms with Gasteiger partial charge in [0, 0.05) is 41.6 Å². The van der Waals surface area contributed by atoms with Crippen LogP contribution >= 0.6 is 22.9 Å². The Bertz CT molecular complexity index is 1700. The van der Waals surface area contributed by atoms with E-state index >= 15 is 0 Å². The molecule has 3 amide bonds. The average molecular weight is 599 g/mol. The number of nitrogens with two attached hydrogens (primary N) is 1. The van der Waals surface area contributed by atoms with Crippen molar-refractivity contribution < 1.29 is 38.2 Å². The van der Waals surface area contributed by atoms with Crippen LogP contribution < -0.4 is 19.9 Å². The van der Waals surface area contributed by atoms with Crippen molar-refractivity contribution in [1.29, 1.82) is 0 Å². The number of halogens is 1. The first-order valence-electron chi connectivity index (χ1n) is 12.2. The number of aromatic nitrogens is 2. The third-order valence-electron chi connectivity index (χ3n) is 6.35. The first kappa shape index (κ1) is 27.9. The molecular weight excluding hydrogens is 576 g/mol. The maximum Gasteiger partial charge on any atom is 0.363 e. The van der Waals surface area contributed by atoms with Gasteiger partial charge >= 0.3 is 5.97 Å². The summed E-state index contributed by atoms with van der Waals surface area (Å²) in [5, 5.41) is 1.34. The quantitative estimate of drug-likeness (QED) is 0.279. The fourth-order valence-corrected chi connectivity index (χ4v) is 5.48. The maximum atomic E-state index is 12.7. The summed E-state index contributed by atoms with van der Waals surface area (Å²) in [6.07, 6.45) is 0.791. The van der Waals surface area contributed by atoms with Gasteiger partial charge in [-0.1, -0.05) is 11.6 Å². The number of rotatable bonds is 9. The number of hydroxylamine groups is 2. The van der Waals surface area contributed by atoms with Crippen LogP contribution in [-0.2, 0) is 14.4 Å². The minimum atomic E-state index is -0.909. The molecule has 212 valence electrons. The zero-order valence-electron chi connectivity index (χ0n) is 22.0. The topological polar surface area (TPSA) is 152 Å². The number of amides is 3. The van der Waals surface area contributed by atoms with Gasteiger partial charge in [-0.15, -0.1) is 16.4 Å². The second-order valence-corrected chi connectivity index (χ2v) is 10.3. The molecule has 0 radical (unpaired) electrons. The Labute approximate surface area is 242 Å². The number of methoxy groups -OCH3 is 2. The number of nitrogens with zero attached hydrogens (tertiary/aromatic N) is 3. The van der Waals surface area contributed by atoms with E-state index in [0.29, 0.717) is 38.2 Å². The summed E-state index contributed by atoms with van der Waals surface area (Å²) in [6, 6.07) is 9.45. The van der Waals surface area contributed by atoms with Crippen molar-refractivity contribution in [2.45, 2.75) is 25.9 Å². The molecule has 1 aliphatic heterocycles. The van der Waals surface area contributed by atoms with E-state index in [1.165, 1.54) is 32.4 Å². The van der Waals surface area contributed by atoms with Crippen LogP contribution in [0.5, 0.6) is 17.2 Å². The van der Waals surface area contributed by atoms with Crippen molar-refractivity contribution in [3.63, 3.8) is 0 Å². The van der Waals surface area contributed by atoms with Crippen molar-refractivity contribution >= 4 is 57.7 Å². The zero-order valence-corrected chi connectivity index (χ0v) is 23.6. The van der Waals surface area contributed by atoms with E-state index in [4.69, 9.17) is 36.4 Å². The molecule has 12 nitrogen and oxygen atoms in total. The molecule has 1 fully saturated rings. The van der Waals surface area contributed by atoms with Gasteiger partial charge in [-0.25, -0.2) is 9.78 Å². The molecule has 0 aliphatic carbocycles. The van der Waals surface area contributed by atoms with Crippen molar-refractivity contribution in [2.75, 3.05) is 14.2 Å². The predicted octanol–water partition coefficient (Wildman–Crippen LogP) is 4.22. The molecule has 0 spiro atoms. The highest BCUT2D eigenvalue weighted by atomic mass is 35.5. The smallest absolute Gasteiger partial charge is 0.363 e. The van der Waals surface area contributed by atoms with E-state index in [9.17, 15) is 19.2 Å². The van der Waals surface area contributed by atoms with Crippen LogP contribution in [0.2, 0.25) is 5.02 Å². The summed E-state index contributed by atoms with van der Waals surface area (Å²) in [5.74, 6) is -1.57. The van der Waals surface area contributed by atoms with Gasteiger partial charge in [0.15, 0.2) is 11.5 Å². The van der Waals surface area contributed by atoms with E-state index in [0.717, 1.165) is 11.3 Å². The fourth-order valence-electron chi connectivity index (χ4n) is 4.28. The highest BCUT2D eigenvalue weighted by Gasteiger charge is 2.33. The Hall–Kier alpha value is -4.62. The molecule has 0 bridgehead atoms. The lowest BCUT2D eigenvalue weighted by atomic mass is 10.1. The van der Waals surface area contributed by atoms with E-state index < -0.39 is 29.8 Å². The standard InChI is InChI=1S/C27H23ClN4O8S/c1-13(15-8-14(4-5-16(15)28)27(36)40-32-22(33)6-7-23(32)34)39-21-11-24(41-25(21)26(29)35)31-12-30-17-9-19(37-2)20(38-3)10-18(17)31/h4-5,8-13H,6-7H2,1-3H3,(H2,29,35)/t13-/m1/s1. The summed E-state index contributed by atoms with van der Waals surface area (Å²) in [5.41, 5.74) is 7.45. The molecule has 0 unspecified atom stereocenters. The molecule has 1 saturated heterocycles. The summed E-state index contributed by atoms with van der Waals surface area (Å²) < 4.78 is 18.7. The molecule has 1 aliphatic rings. The van der Waals surface area contributed by atoms with Gasteiger partial charge in [0.1, 0.15) is 28.1 Å². The number of imide groups is 1. The van der Waals surface area contributed by atoms with Gasteiger partial charge in [-0.3, -0.25) is 19.0 Å². The minimum absolute atomic E-state index is 0.0235. The number of primary amides is 1. The van der Waals surface area contributed by atoms with Gasteiger partial charge in [0.2, 0.25) is 0 Å². The number of hydrogen-bond donors (Lipinski definition) is 1. The third kappa shape index (κ3) is 5.28. The van der Waals surface area contributed by atoms with Crippen molar-refractivity contribution in [1.82, 2.24) is 14.6 Å². The van der Waals surface area contributed by atoms with Gasteiger partial charge in [0.25, 0.3) is 17.7 Å². The highest BCUT2D eigenvalue weighted by Crippen LogP contribution is 2.39. The number of carbonyl (C=O) groups excluding carboxylic acids is 4. The zero-order chi connectivity index (χ0) is 29.4. The second-order valence-electron chi connectivity index (χ2n) is 8.91. The lowest BCUT2D eigenvalue weighted by Gasteiger charge is -2.18. The molecular formula is C27H23ClN4O8S. The van der Waals surface area contributed by atoms with Crippen LogP contribution in [0.4, 0.5) is 0 Å². The number of fused-ring (bicyclic) bond motifs is 1. The van der Waals surface area contributed by atoms with Crippen LogP contribution in [0.3, 0.4) is 0 Å². The summed E-state index contributed by atoms with van der Waals surface area (Å²) in [6.45, 7) is 1.68. The molecule has 2 aromatic carbocycles. The Morgan fingerprint density at radius 1 is 1.02 bits per heavy atom. The largest absolute Gasteiger partial charge is 0.493 e. The van der Waals surface area contributed by atoms with Crippen molar-refractivity contribution in [3.05, 3.63) is 63.8 Å². The van der Waals surface area contributed by atoms with Gasteiger partial charge in [-0.2, -0.15) is 0 Å². The molecule has 2 aromatic heterocycles. The van der Waals surface area contributed by atoms with Crippen LogP contribution in [-0.4, -0.2) is 52.5 Å². The monoisotopic (exact) mass is 598 g/mol. The summed E-state index contributed by atoms with van der Waals surface area (Å²) in [4.78, 5) is 58.2. The van der Waals surface area contributed by atoms with Crippen LogP contribution in [0, 0.1) is 0 Å². The fraction of sp³-hybridized carbons (Fsp3) is 0.222. The first-order chi connectivity index (χ1) is 19.6. The second kappa shape index (κ2) is 11.1. The molecule has 2 N–H and O–H groups in total. The average Bonchev–Trinajstić information content (AvgIpc) is 3.65. The summed E-state index contributed by atoms with van der Waals surface area (Å²) in [7, 11) is 3.06. The lowest BCUT2D eigenvalue weighted by Crippen LogP contribution is -2.32.